The molecular formula is C20H26N5O3S+. The van der Waals surface area contributed by atoms with Gasteiger partial charge in [-0.1, -0.05) is 42.1 Å². The minimum Gasteiger partial charge on any atom is -0.370 e. The number of benzene rings is 1. The fourth-order valence-electron chi connectivity index (χ4n) is 3.65. The first-order valence-corrected chi connectivity index (χ1v) is 10.8. The maximum atomic E-state index is 12.9. The van der Waals surface area contributed by atoms with Gasteiger partial charge in [-0.25, -0.2) is 9.78 Å². The number of imidazole rings is 1. The van der Waals surface area contributed by atoms with E-state index in [0.29, 0.717) is 17.7 Å². The van der Waals surface area contributed by atoms with Crippen molar-refractivity contribution in [2.75, 3.05) is 38.6 Å². The van der Waals surface area contributed by atoms with E-state index in [2.05, 4.69) is 0 Å². The Kier molecular flexibility index (Phi) is 5.89. The molecular weight excluding hydrogens is 390 g/mol. The number of nitrogens with zero attached hydrogens (tertiary/aromatic N) is 4. The molecule has 154 valence electrons. The number of thioether (sulfide) groups is 1. The van der Waals surface area contributed by atoms with Gasteiger partial charge in [0.1, 0.15) is 13.1 Å². The number of morpholine rings is 1. The minimum absolute atomic E-state index is 0.308. The largest absolute Gasteiger partial charge is 0.370 e. The van der Waals surface area contributed by atoms with Crippen LogP contribution in [0, 0.1) is 0 Å². The lowest BCUT2D eigenvalue weighted by atomic mass is 10.2. The number of quaternary nitrogens is 1. The van der Waals surface area contributed by atoms with Crippen molar-refractivity contribution in [1.29, 1.82) is 0 Å². The normalized spacial score (nSPS) is 15.2. The van der Waals surface area contributed by atoms with Gasteiger partial charge in [0.15, 0.2) is 16.3 Å². The molecule has 2 aromatic heterocycles. The summed E-state index contributed by atoms with van der Waals surface area (Å²) in [6.07, 6.45) is 0. The fourth-order valence-corrected chi connectivity index (χ4v) is 4.68. The second-order valence-electron chi connectivity index (χ2n) is 7.30. The number of ether oxygens (including phenoxy) is 1. The Morgan fingerprint density at radius 2 is 1.83 bits per heavy atom. The van der Waals surface area contributed by atoms with E-state index in [1.54, 1.807) is 18.8 Å². The molecule has 1 aliphatic rings. The molecule has 1 fully saturated rings. The summed E-state index contributed by atoms with van der Waals surface area (Å²) in [6.45, 7) is 5.22. The Balaban J connectivity index is 1.70. The van der Waals surface area contributed by atoms with Crippen molar-refractivity contribution in [2.24, 2.45) is 14.1 Å². The summed E-state index contributed by atoms with van der Waals surface area (Å²) in [4.78, 5) is 31.5. The van der Waals surface area contributed by atoms with Crippen LogP contribution in [0.3, 0.4) is 0 Å². The molecule has 3 heterocycles. The van der Waals surface area contributed by atoms with E-state index in [0.717, 1.165) is 53.9 Å². The van der Waals surface area contributed by atoms with Gasteiger partial charge in [0, 0.05) is 14.1 Å². The van der Waals surface area contributed by atoms with Gasteiger partial charge in [0.05, 0.1) is 32.1 Å². The molecule has 4 rings (SSSR count). The number of rotatable bonds is 6. The average Bonchev–Trinajstić information content (AvgIpc) is 3.10. The summed E-state index contributed by atoms with van der Waals surface area (Å²) >= 11 is 1.64. The first-order valence-electron chi connectivity index (χ1n) is 9.80. The van der Waals surface area contributed by atoms with Crippen molar-refractivity contribution in [3.05, 3.63) is 56.7 Å². The van der Waals surface area contributed by atoms with Crippen LogP contribution >= 0.6 is 11.8 Å². The zero-order valence-electron chi connectivity index (χ0n) is 16.8. The number of hydrogen-bond donors (Lipinski definition) is 1. The molecule has 0 saturated carbocycles. The van der Waals surface area contributed by atoms with Crippen molar-refractivity contribution < 1.29 is 9.64 Å². The second-order valence-corrected chi connectivity index (χ2v) is 8.37. The summed E-state index contributed by atoms with van der Waals surface area (Å²) in [5.74, 6) is 0.891. The zero-order chi connectivity index (χ0) is 20.4. The lowest BCUT2D eigenvalue weighted by Gasteiger charge is -2.23. The van der Waals surface area contributed by atoms with Gasteiger partial charge in [-0.05, 0) is 5.56 Å². The second kappa shape index (κ2) is 8.56. The monoisotopic (exact) mass is 416 g/mol. The highest BCUT2D eigenvalue weighted by Crippen LogP contribution is 2.22. The van der Waals surface area contributed by atoms with E-state index < -0.39 is 0 Å². The van der Waals surface area contributed by atoms with Crippen molar-refractivity contribution >= 4 is 22.9 Å². The van der Waals surface area contributed by atoms with Crippen molar-refractivity contribution in [1.82, 2.24) is 18.7 Å². The van der Waals surface area contributed by atoms with Crippen LogP contribution in [0.1, 0.15) is 5.56 Å². The predicted molar refractivity (Wildman–Crippen MR) is 113 cm³/mol. The third-order valence-corrected chi connectivity index (χ3v) is 6.36. The van der Waals surface area contributed by atoms with Crippen LogP contribution in [0.2, 0.25) is 0 Å². The van der Waals surface area contributed by atoms with Gasteiger partial charge < -0.3 is 14.2 Å². The maximum Gasteiger partial charge on any atom is 0.332 e. The van der Waals surface area contributed by atoms with E-state index >= 15 is 0 Å². The molecule has 1 aliphatic heterocycles. The quantitative estimate of drug-likeness (QED) is 0.548. The van der Waals surface area contributed by atoms with Gasteiger partial charge in [-0.15, -0.1) is 0 Å². The Hall–Kier alpha value is -2.36. The van der Waals surface area contributed by atoms with E-state index in [9.17, 15) is 9.59 Å². The summed E-state index contributed by atoms with van der Waals surface area (Å²) < 4.78 is 9.98. The minimum atomic E-state index is -0.360. The number of aryl methyl sites for hydroxylation is 1. The molecule has 8 nitrogen and oxygen atoms in total. The molecule has 0 aliphatic carbocycles. The Labute approximate surface area is 172 Å². The van der Waals surface area contributed by atoms with Gasteiger partial charge >= 0.3 is 5.69 Å². The summed E-state index contributed by atoms with van der Waals surface area (Å²) in [5.41, 5.74) is 1.33. The summed E-state index contributed by atoms with van der Waals surface area (Å²) in [7, 11) is 3.18. The zero-order valence-corrected chi connectivity index (χ0v) is 17.6. The van der Waals surface area contributed by atoms with Gasteiger partial charge in [0.2, 0.25) is 0 Å². The van der Waals surface area contributed by atoms with Crippen molar-refractivity contribution in [3.8, 4) is 0 Å². The van der Waals surface area contributed by atoms with E-state index in [1.807, 2.05) is 34.9 Å². The van der Waals surface area contributed by atoms with Gasteiger partial charge in [0.25, 0.3) is 5.56 Å². The van der Waals surface area contributed by atoms with Crippen LogP contribution < -0.4 is 16.1 Å². The predicted octanol–water partition coefficient (Wildman–Crippen LogP) is -0.511. The fraction of sp³-hybridized carbons (Fsp3) is 0.450. The van der Waals surface area contributed by atoms with Crippen LogP contribution in [0.25, 0.3) is 11.2 Å². The molecule has 1 aromatic carbocycles. The number of hydrogen-bond acceptors (Lipinski definition) is 5. The first kappa shape index (κ1) is 19.9. The molecule has 3 aromatic rings. The number of fused-ring (bicyclic) bond motifs is 1. The highest BCUT2D eigenvalue weighted by atomic mass is 32.2. The van der Waals surface area contributed by atoms with Crippen molar-refractivity contribution in [2.45, 2.75) is 11.7 Å². The highest BCUT2D eigenvalue weighted by molar-refractivity contribution is 7.99. The van der Waals surface area contributed by atoms with Crippen molar-refractivity contribution in [3.63, 3.8) is 0 Å². The molecule has 0 unspecified atom stereocenters. The maximum absolute atomic E-state index is 12.9. The Bertz CT molecular complexity index is 1110. The lowest BCUT2D eigenvalue weighted by Crippen LogP contribution is -3.14. The molecule has 9 heteroatoms. The van der Waals surface area contributed by atoms with E-state index in [1.165, 1.54) is 16.5 Å². The number of aromatic nitrogens is 4. The third-order valence-electron chi connectivity index (χ3n) is 5.38. The van der Waals surface area contributed by atoms with Crippen LogP contribution in [-0.2, 0) is 25.4 Å². The summed E-state index contributed by atoms with van der Waals surface area (Å²) in [6, 6.07) is 10.0. The standard InChI is InChI=1S/C20H25N5O3S/c1-22-17-16(18(26)23(2)20(22)27)25(14-15-6-4-3-5-7-15)19(21-17)29-13-10-24-8-11-28-12-9-24/h3-7H,8-14H2,1-2H3/p+1. The van der Waals surface area contributed by atoms with Gasteiger partial charge in [-0.2, -0.15) is 0 Å². The molecule has 1 N–H and O–H groups in total. The molecule has 1 saturated heterocycles. The van der Waals surface area contributed by atoms with E-state index in [4.69, 9.17) is 9.72 Å². The van der Waals surface area contributed by atoms with Crippen LogP contribution in [0.15, 0.2) is 45.1 Å². The van der Waals surface area contributed by atoms with E-state index in [-0.39, 0.29) is 11.2 Å². The molecule has 29 heavy (non-hydrogen) atoms. The third kappa shape index (κ3) is 4.03. The van der Waals surface area contributed by atoms with Crippen LogP contribution in [-0.4, -0.2) is 57.3 Å². The molecule has 0 radical (unpaired) electrons. The van der Waals surface area contributed by atoms with Crippen LogP contribution in [0.5, 0.6) is 0 Å². The average molecular weight is 417 g/mol. The molecule has 0 bridgehead atoms. The Morgan fingerprint density at radius 1 is 1.10 bits per heavy atom. The lowest BCUT2D eigenvalue weighted by molar-refractivity contribution is -0.905. The first-order chi connectivity index (χ1) is 14.1. The van der Waals surface area contributed by atoms with Gasteiger partial charge in [-0.3, -0.25) is 13.9 Å². The topological polar surface area (TPSA) is 75.5 Å². The Morgan fingerprint density at radius 3 is 2.55 bits per heavy atom. The molecule has 0 amide bonds. The summed E-state index contributed by atoms with van der Waals surface area (Å²) in [5, 5.41) is 0.773. The SMILES string of the molecule is Cn1c(=O)c2c(nc(SCC[NH+]3CCOCC3)n2Cc2ccccc2)n(C)c1=O. The smallest absolute Gasteiger partial charge is 0.332 e. The highest BCUT2D eigenvalue weighted by Gasteiger charge is 2.20. The van der Waals surface area contributed by atoms with Crippen LogP contribution in [0.4, 0.5) is 0 Å². The molecule has 0 atom stereocenters. The molecule has 0 spiro atoms. The number of nitrogens with one attached hydrogen (secondary N) is 1.